The van der Waals surface area contributed by atoms with Crippen LogP contribution in [0.4, 0.5) is 5.82 Å². The number of pyridine rings is 1. The van der Waals surface area contributed by atoms with E-state index in [1.165, 1.54) is 0 Å². The molecule has 18 heavy (non-hydrogen) atoms. The van der Waals surface area contributed by atoms with E-state index in [2.05, 4.69) is 10.3 Å². The first-order valence-electron chi connectivity index (χ1n) is 5.81. The number of aromatic nitrogens is 1. The minimum absolute atomic E-state index is 0.159. The summed E-state index contributed by atoms with van der Waals surface area (Å²) in [6.07, 6.45) is 2.46. The molecule has 0 aliphatic heterocycles. The fourth-order valence-corrected chi connectivity index (χ4v) is 1.61. The van der Waals surface area contributed by atoms with E-state index in [9.17, 15) is 4.79 Å². The number of nitrogens with zero attached hydrogens (tertiary/aromatic N) is 1. The highest BCUT2D eigenvalue weighted by Gasteiger charge is 2.05. The number of nitrogens with one attached hydrogen (secondary N) is 1. The van der Waals surface area contributed by atoms with Gasteiger partial charge in [0, 0.05) is 11.8 Å². The lowest BCUT2D eigenvalue weighted by atomic mass is 10.1. The second kappa shape index (κ2) is 5.93. The Kier molecular flexibility index (Phi) is 4.04. The predicted molar refractivity (Wildman–Crippen MR) is 71.4 cm³/mol. The molecule has 1 aromatic carbocycles. The van der Waals surface area contributed by atoms with E-state index in [0.717, 1.165) is 12.0 Å². The maximum absolute atomic E-state index is 11.9. The van der Waals surface area contributed by atoms with Crippen LogP contribution in [0.2, 0.25) is 0 Å². The van der Waals surface area contributed by atoms with E-state index in [1.807, 2.05) is 18.2 Å². The Morgan fingerprint density at radius 3 is 2.56 bits per heavy atom. The van der Waals surface area contributed by atoms with Crippen molar-refractivity contribution < 1.29 is 4.79 Å². The molecule has 0 fully saturated rings. The van der Waals surface area contributed by atoms with Gasteiger partial charge in [-0.1, -0.05) is 18.2 Å². The van der Waals surface area contributed by atoms with Crippen molar-refractivity contribution in [3.05, 3.63) is 59.8 Å². The normalized spacial score (nSPS) is 10.1. The minimum Gasteiger partial charge on any atom is -0.330 e. The average Bonchev–Trinajstić information content (AvgIpc) is 2.41. The van der Waals surface area contributed by atoms with E-state index in [1.54, 1.807) is 30.5 Å². The number of nitrogens with two attached hydrogens (primary N) is 1. The lowest BCUT2D eigenvalue weighted by Gasteiger charge is -2.05. The number of carbonyl (C=O) groups excluding carboxylic acids is 1. The van der Waals surface area contributed by atoms with Crippen molar-refractivity contribution in [1.82, 2.24) is 4.98 Å². The van der Waals surface area contributed by atoms with Crippen LogP contribution in [0.15, 0.2) is 48.7 Å². The smallest absolute Gasteiger partial charge is 0.256 e. The molecule has 1 amide bonds. The number of benzene rings is 1. The summed E-state index contributed by atoms with van der Waals surface area (Å²) < 4.78 is 0. The van der Waals surface area contributed by atoms with E-state index < -0.39 is 0 Å². The highest BCUT2D eigenvalue weighted by Crippen LogP contribution is 2.08. The largest absolute Gasteiger partial charge is 0.330 e. The monoisotopic (exact) mass is 241 g/mol. The molecule has 0 aliphatic rings. The molecule has 1 heterocycles. The average molecular weight is 241 g/mol. The van der Waals surface area contributed by atoms with Crippen molar-refractivity contribution in [1.29, 1.82) is 0 Å². The number of carbonyl (C=O) groups is 1. The van der Waals surface area contributed by atoms with Crippen molar-refractivity contribution in [3.8, 4) is 0 Å². The fraction of sp³-hybridized carbons (Fsp3) is 0.143. The van der Waals surface area contributed by atoms with Crippen LogP contribution in [-0.4, -0.2) is 17.4 Å². The van der Waals surface area contributed by atoms with Gasteiger partial charge in [-0.3, -0.25) is 4.79 Å². The second-order valence-corrected chi connectivity index (χ2v) is 3.90. The van der Waals surface area contributed by atoms with Crippen molar-refractivity contribution in [3.63, 3.8) is 0 Å². The van der Waals surface area contributed by atoms with Crippen LogP contribution in [0.1, 0.15) is 15.9 Å². The molecule has 0 spiro atoms. The van der Waals surface area contributed by atoms with Gasteiger partial charge in [0.15, 0.2) is 0 Å². The molecule has 4 heteroatoms. The third-order valence-corrected chi connectivity index (χ3v) is 2.56. The quantitative estimate of drug-likeness (QED) is 0.858. The van der Waals surface area contributed by atoms with Crippen LogP contribution >= 0.6 is 0 Å². The molecule has 0 unspecified atom stereocenters. The van der Waals surface area contributed by atoms with Crippen LogP contribution in [0.5, 0.6) is 0 Å². The molecule has 0 atom stereocenters. The minimum atomic E-state index is -0.159. The number of anilines is 1. The summed E-state index contributed by atoms with van der Waals surface area (Å²) in [5.41, 5.74) is 7.22. The van der Waals surface area contributed by atoms with Gasteiger partial charge in [-0.25, -0.2) is 4.98 Å². The molecule has 92 valence electrons. The Bertz CT molecular complexity index is 508. The summed E-state index contributed by atoms with van der Waals surface area (Å²) in [4.78, 5) is 16.0. The van der Waals surface area contributed by atoms with Crippen LogP contribution < -0.4 is 11.1 Å². The number of rotatable bonds is 4. The molecule has 0 radical (unpaired) electrons. The summed E-state index contributed by atoms with van der Waals surface area (Å²) in [5, 5.41) is 2.73. The Morgan fingerprint density at radius 1 is 1.17 bits per heavy atom. The van der Waals surface area contributed by atoms with Gasteiger partial charge in [0.1, 0.15) is 5.82 Å². The molecule has 2 rings (SSSR count). The fourth-order valence-electron chi connectivity index (χ4n) is 1.61. The lowest BCUT2D eigenvalue weighted by Crippen LogP contribution is -2.12. The van der Waals surface area contributed by atoms with Crippen molar-refractivity contribution >= 4 is 11.7 Å². The Hall–Kier alpha value is -2.20. The van der Waals surface area contributed by atoms with E-state index in [-0.39, 0.29) is 5.91 Å². The molecule has 0 saturated heterocycles. The van der Waals surface area contributed by atoms with Gasteiger partial charge in [0.2, 0.25) is 0 Å². The summed E-state index contributed by atoms with van der Waals surface area (Å²) in [5.74, 6) is 0.390. The molecule has 3 N–H and O–H groups in total. The molecule has 1 aromatic heterocycles. The highest BCUT2D eigenvalue weighted by atomic mass is 16.1. The molecule has 0 bridgehead atoms. The molecule has 0 aliphatic carbocycles. The van der Waals surface area contributed by atoms with Crippen molar-refractivity contribution in [2.24, 2.45) is 5.73 Å². The zero-order valence-electron chi connectivity index (χ0n) is 9.97. The third kappa shape index (κ3) is 3.15. The summed E-state index contributed by atoms with van der Waals surface area (Å²) >= 11 is 0. The zero-order chi connectivity index (χ0) is 12.8. The van der Waals surface area contributed by atoms with E-state index in [0.29, 0.717) is 17.9 Å². The Balaban J connectivity index is 2.05. The standard InChI is InChI=1S/C14H15N3O/c15-9-8-11-4-6-12(7-5-11)14(18)17-13-3-1-2-10-16-13/h1-7,10H,8-9,15H2,(H,16,17,18). The molecular formula is C14H15N3O. The van der Waals surface area contributed by atoms with Gasteiger partial charge in [-0.05, 0) is 42.8 Å². The lowest BCUT2D eigenvalue weighted by molar-refractivity contribution is 0.102. The summed E-state index contributed by atoms with van der Waals surface area (Å²) in [7, 11) is 0. The molecular weight excluding hydrogens is 226 g/mol. The Morgan fingerprint density at radius 2 is 1.94 bits per heavy atom. The van der Waals surface area contributed by atoms with Gasteiger partial charge in [0.25, 0.3) is 5.91 Å². The van der Waals surface area contributed by atoms with Gasteiger partial charge < -0.3 is 11.1 Å². The molecule has 2 aromatic rings. The SMILES string of the molecule is NCCc1ccc(C(=O)Nc2ccccn2)cc1. The first-order chi connectivity index (χ1) is 8.79. The summed E-state index contributed by atoms with van der Waals surface area (Å²) in [6.45, 7) is 0.611. The molecule has 0 saturated carbocycles. The van der Waals surface area contributed by atoms with Crippen LogP contribution in [-0.2, 0) is 6.42 Å². The van der Waals surface area contributed by atoms with E-state index >= 15 is 0 Å². The summed E-state index contributed by atoms with van der Waals surface area (Å²) in [6, 6.07) is 12.8. The van der Waals surface area contributed by atoms with Gasteiger partial charge in [-0.15, -0.1) is 0 Å². The first-order valence-corrected chi connectivity index (χ1v) is 5.81. The number of hydrogen-bond acceptors (Lipinski definition) is 3. The maximum atomic E-state index is 11.9. The topological polar surface area (TPSA) is 68.0 Å². The second-order valence-electron chi connectivity index (χ2n) is 3.90. The third-order valence-electron chi connectivity index (χ3n) is 2.56. The highest BCUT2D eigenvalue weighted by molar-refractivity contribution is 6.03. The maximum Gasteiger partial charge on any atom is 0.256 e. The predicted octanol–water partition coefficient (Wildman–Crippen LogP) is 1.84. The number of amides is 1. The van der Waals surface area contributed by atoms with Gasteiger partial charge in [0.05, 0.1) is 0 Å². The van der Waals surface area contributed by atoms with Crippen LogP contribution in [0.3, 0.4) is 0 Å². The Labute approximate surface area is 106 Å². The number of hydrogen-bond donors (Lipinski definition) is 2. The molecule has 4 nitrogen and oxygen atoms in total. The van der Waals surface area contributed by atoms with Crippen molar-refractivity contribution in [2.45, 2.75) is 6.42 Å². The van der Waals surface area contributed by atoms with E-state index in [4.69, 9.17) is 5.73 Å². The van der Waals surface area contributed by atoms with Crippen molar-refractivity contribution in [2.75, 3.05) is 11.9 Å². The first kappa shape index (κ1) is 12.3. The van der Waals surface area contributed by atoms with Crippen LogP contribution in [0.25, 0.3) is 0 Å². The van der Waals surface area contributed by atoms with Gasteiger partial charge in [-0.2, -0.15) is 0 Å². The zero-order valence-corrected chi connectivity index (χ0v) is 9.97. The van der Waals surface area contributed by atoms with Crippen LogP contribution in [0, 0.1) is 0 Å². The van der Waals surface area contributed by atoms with Gasteiger partial charge >= 0.3 is 0 Å².